The number of esters is 2. The Kier molecular flexibility index (Phi) is 67.0. The molecule has 0 heterocycles. The molecule has 0 saturated heterocycles. The first-order valence-corrected chi connectivity index (χ1v) is 36.9. The topological polar surface area (TPSA) is 134 Å². The summed E-state index contributed by atoms with van der Waals surface area (Å²) in [6.07, 6.45) is 96.2. The van der Waals surface area contributed by atoms with Crippen molar-refractivity contribution in [2.24, 2.45) is 5.73 Å². The average Bonchev–Trinajstić information content (AvgIpc) is 3.52. The van der Waals surface area contributed by atoms with Crippen molar-refractivity contribution in [2.75, 3.05) is 26.4 Å². The normalized spacial score (nSPS) is 13.6. The van der Waals surface area contributed by atoms with Crippen LogP contribution in [0.2, 0.25) is 0 Å². The minimum absolute atomic E-state index is 0.0445. The number of rotatable bonds is 66. The summed E-state index contributed by atoms with van der Waals surface area (Å²) in [6.45, 7) is 3.63. The molecule has 0 bridgehead atoms. The molecule has 9 nitrogen and oxygen atoms in total. The lowest BCUT2D eigenvalue weighted by Gasteiger charge is -2.19. The largest absolute Gasteiger partial charge is 0.472 e. The molecule has 0 aliphatic carbocycles. The molecule has 0 aliphatic heterocycles. The molecule has 0 aromatic rings. The molecule has 0 fully saturated rings. The number of carbonyl (C=O) groups excluding carboxylic acids is 2. The standard InChI is InChI=1S/C75H132NO8P/c1-3-5-7-9-11-13-15-17-19-21-23-25-27-29-31-33-34-35-36-37-38-40-41-43-45-47-49-51-53-55-57-59-61-63-65-67-74(77)81-71-73(72-83-85(79,80)82-70-69-76)84-75(78)68-66-64-62-60-58-56-54-52-50-48-46-44-42-39-32-30-28-26-24-22-20-18-16-14-12-10-8-6-4-2/h6,8,12,14,18,20-21,23-24,26,30,32,42,44,48,50,54,56,73H,3-5,7,9-11,13,15-17,19,22,25,27-29,31,33-41,43,45-47,49,51-53,55,57-72,76H2,1-2H3,(H,79,80)/b8-6-,14-12-,20-18-,23-21-,26-24-,32-30-,44-42-,50-48-,56-54-. The molecule has 0 radical (unpaired) electrons. The predicted octanol–water partition coefficient (Wildman–Crippen LogP) is 23.3. The van der Waals surface area contributed by atoms with Gasteiger partial charge < -0.3 is 20.1 Å². The third-order valence-electron chi connectivity index (χ3n) is 15.1. The van der Waals surface area contributed by atoms with Crippen LogP contribution in [-0.2, 0) is 32.7 Å². The van der Waals surface area contributed by atoms with Crippen LogP contribution in [0, 0.1) is 0 Å². The molecule has 0 aliphatic rings. The first-order chi connectivity index (χ1) is 41.8. The molecule has 0 amide bonds. The fraction of sp³-hybridized carbons (Fsp3) is 0.733. The molecular weight excluding hydrogens is 1070 g/mol. The fourth-order valence-electron chi connectivity index (χ4n) is 9.94. The lowest BCUT2D eigenvalue weighted by molar-refractivity contribution is -0.161. The van der Waals surface area contributed by atoms with Crippen molar-refractivity contribution in [3.05, 3.63) is 109 Å². The summed E-state index contributed by atoms with van der Waals surface area (Å²) < 4.78 is 33.1. The van der Waals surface area contributed by atoms with Gasteiger partial charge in [0.2, 0.25) is 0 Å². The van der Waals surface area contributed by atoms with E-state index in [4.69, 9.17) is 24.3 Å². The molecule has 0 saturated carbocycles. The Labute approximate surface area is 524 Å². The van der Waals surface area contributed by atoms with E-state index < -0.39 is 26.5 Å². The lowest BCUT2D eigenvalue weighted by atomic mass is 10.0. The summed E-state index contributed by atoms with van der Waals surface area (Å²) in [6, 6.07) is 0. The maximum Gasteiger partial charge on any atom is 0.472 e. The van der Waals surface area contributed by atoms with Gasteiger partial charge in [-0.05, 0) is 103 Å². The molecule has 0 aromatic heterocycles. The maximum atomic E-state index is 12.7. The van der Waals surface area contributed by atoms with Crippen LogP contribution >= 0.6 is 7.82 Å². The van der Waals surface area contributed by atoms with E-state index in [1.807, 2.05) is 0 Å². The van der Waals surface area contributed by atoms with Crippen molar-refractivity contribution in [1.82, 2.24) is 0 Å². The molecule has 490 valence electrons. The lowest BCUT2D eigenvalue weighted by Crippen LogP contribution is -2.29. The molecule has 2 atom stereocenters. The predicted molar refractivity (Wildman–Crippen MR) is 367 cm³/mol. The number of phosphoric ester groups is 1. The van der Waals surface area contributed by atoms with Crippen molar-refractivity contribution in [2.45, 2.75) is 328 Å². The molecule has 0 spiro atoms. The average molecular weight is 1210 g/mol. The minimum Gasteiger partial charge on any atom is -0.462 e. The summed E-state index contributed by atoms with van der Waals surface area (Å²) in [4.78, 5) is 35.3. The summed E-state index contributed by atoms with van der Waals surface area (Å²) >= 11 is 0. The van der Waals surface area contributed by atoms with E-state index in [1.165, 1.54) is 193 Å². The maximum absolute atomic E-state index is 12.7. The molecule has 0 aromatic carbocycles. The van der Waals surface area contributed by atoms with Gasteiger partial charge in [-0.2, -0.15) is 0 Å². The van der Waals surface area contributed by atoms with Crippen molar-refractivity contribution in [1.29, 1.82) is 0 Å². The van der Waals surface area contributed by atoms with E-state index in [0.29, 0.717) is 6.42 Å². The van der Waals surface area contributed by atoms with E-state index in [1.54, 1.807) is 0 Å². The second-order valence-electron chi connectivity index (χ2n) is 23.4. The second-order valence-corrected chi connectivity index (χ2v) is 24.8. The number of hydrogen-bond donors (Lipinski definition) is 2. The van der Waals surface area contributed by atoms with Crippen LogP contribution in [-0.4, -0.2) is 49.3 Å². The zero-order valence-electron chi connectivity index (χ0n) is 55.1. The molecule has 85 heavy (non-hydrogen) atoms. The number of hydrogen-bond acceptors (Lipinski definition) is 8. The highest BCUT2D eigenvalue weighted by Gasteiger charge is 2.26. The second kappa shape index (κ2) is 69.8. The smallest absolute Gasteiger partial charge is 0.462 e. The number of ether oxygens (including phenoxy) is 2. The van der Waals surface area contributed by atoms with Gasteiger partial charge in [0.15, 0.2) is 6.10 Å². The van der Waals surface area contributed by atoms with E-state index >= 15 is 0 Å². The third kappa shape index (κ3) is 69.6. The van der Waals surface area contributed by atoms with Crippen LogP contribution in [0.15, 0.2) is 109 Å². The van der Waals surface area contributed by atoms with E-state index in [-0.39, 0.29) is 38.6 Å². The minimum atomic E-state index is -4.41. The zero-order chi connectivity index (χ0) is 61.6. The monoisotopic (exact) mass is 1210 g/mol. The van der Waals surface area contributed by atoms with Crippen LogP contribution in [0.25, 0.3) is 0 Å². The van der Waals surface area contributed by atoms with Crippen LogP contribution in [0.5, 0.6) is 0 Å². The Hall–Kier alpha value is -3.33. The fourth-order valence-corrected chi connectivity index (χ4v) is 10.7. The van der Waals surface area contributed by atoms with Crippen molar-refractivity contribution >= 4 is 19.8 Å². The third-order valence-corrected chi connectivity index (χ3v) is 16.1. The van der Waals surface area contributed by atoms with Gasteiger partial charge in [0, 0.05) is 19.4 Å². The highest BCUT2D eigenvalue weighted by atomic mass is 31.2. The van der Waals surface area contributed by atoms with E-state index in [9.17, 15) is 19.0 Å². The number of nitrogens with two attached hydrogens (primary N) is 1. The number of phosphoric acid groups is 1. The van der Waals surface area contributed by atoms with Gasteiger partial charge in [-0.3, -0.25) is 18.6 Å². The molecule has 10 heteroatoms. The van der Waals surface area contributed by atoms with Gasteiger partial charge in [-0.25, -0.2) is 4.57 Å². The van der Waals surface area contributed by atoms with E-state index in [2.05, 4.69) is 123 Å². The number of carbonyl (C=O) groups is 2. The Morgan fingerprint density at radius 1 is 0.365 bits per heavy atom. The number of unbranched alkanes of at least 4 members (excludes halogenated alkanes) is 35. The summed E-state index contributed by atoms with van der Waals surface area (Å²) in [7, 11) is -4.41. The first-order valence-electron chi connectivity index (χ1n) is 35.4. The Morgan fingerprint density at radius 3 is 0.976 bits per heavy atom. The van der Waals surface area contributed by atoms with Crippen LogP contribution in [0.3, 0.4) is 0 Å². The van der Waals surface area contributed by atoms with Crippen molar-refractivity contribution < 1.29 is 37.6 Å². The Morgan fingerprint density at radius 2 is 0.647 bits per heavy atom. The van der Waals surface area contributed by atoms with Gasteiger partial charge in [0.1, 0.15) is 6.61 Å². The quantitative estimate of drug-likeness (QED) is 0.0264. The summed E-state index contributed by atoms with van der Waals surface area (Å²) in [5.74, 6) is -0.852. The SMILES string of the molecule is CC/C=C\C/C=C\C/C=C\C/C=C\C/C=C\C/C=C\C/C=C\C/C=C\CCCCCCC(=O)OC(COC(=O)CCCCCCCCCCCCCCCCCCCCCCCCC/C=C\CCCCCCCCCC)COP(=O)(O)OCCN. The summed E-state index contributed by atoms with van der Waals surface area (Å²) in [5.41, 5.74) is 5.40. The molecule has 0 rings (SSSR count). The van der Waals surface area contributed by atoms with Gasteiger partial charge in [-0.1, -0.05) is 316 Å². The zero-order valence-corrected chi connectivity index (χ0v) is 56.0. The van der Waals surface area contributed by atoms with Gasteiger partial charge in [0.25, 0.3) is 0 Å². The molecule has 3 N–H and O–H groups in total. The van der Waals surface area contributed by atoms with Crippen LogP contribution in [0.4, 0.5) is 0 Å². The molecule has 2 unspecified atom stereocenters. The Bertz CT molecular complexity index is 1760. The highest BCUT2D eigenvalue weighted by molar-refractivity contribution is 7.47. The first kappa shape index (κ1) is 81.7. The Balaban J connectivity index is 3.91. The van der Waals surface area contributed by atoms with Gasteiger partial charge in [0.05, 0.1) is 13.2 Å². The van der Waals surface area contributed by atoms with Gasteiger partial charge >= 0.3 is 19.8 Å². The van der Waals surface area contributed by atoms with Gasteiger partial charge in [-0.15, -0.1) is 0 Å². The molecular formula is C75H132NO8P. The van der Waals surface area contributed by atoms with E-state index in [0.717, 1.165) is 96.3 Å². The van der Waals surface area contributed by atoms with Crippen molar-refractivity contribution in [3.8, 4) is 0 Å². The van der Waals surface area contributed by atoms with Crippen LogP contribution < -0.4 is 5.73 Å². The van der Waals surface area contributed by atoms with Crippen LogP contribution in [0.1, 0.15) is 322 Å². The number of allylic oxidation sites excluding steroid dienone is 18. The highest BCUT2D eigenvalue weighted by Crippen LogP contribution is 2.43. The summed E-state index contributed by atoms with van der Waals surface area (Å²) in [5, 5.41) is 0. The van der Waals surface area contributed by atoms with Crippen molar-refractivity contribution in [3.63, 3.8) is 0 Å².